The lowest BCUT2D eigenvalue weighted by Gasteiger charge is -2.35. The largest absolute Gasteiger partial charge is 0.381 e. The van der Waals surface area contributed by atoms with Crippen LogP contribution in [0.5, 0.6) is 0 Å². The van der Waals surface area contributed by atoms with E-state index in [-0.39, 0.29) is 0 Å². The molecule has 0 N–H and O–H groups in total. The zero-order chi connectivity index (χ0) is 21.5. The maximum atomic E-state index is 6.39. The van der Waals surface area contributed by atoms with Gasteiger partial charge in [-0.2, -0.15) is 0 Å². The Hall–Kier alpha value is -2.02. The Morgan fingerprint density at radius 3 is 2.50 bits per heavy atom. The van der Waals surface area contributed by atoms with Crippen molar-refractivity contribution in [2.75, 3.05) is 31.2 Å². The molecule has 3 aromatic rings. The molecule has 32 heavy (non-hydrogen) atoms. The summed E-state index contributed by atoms with van der Waals surface area (Å²) in [5.74, 6) is 0.887. The zero-order valence-corrected chi connectivity index (χ0v) is 19.6. The zero-order valence-electron chi connectivity index (χ0n) is 18.8. The molecule has 6 heteroatoms. The molecule has 0 unspecified atom stereocenters. The monoisotopic (exact) mass is 449 g/mol. The van der Waals surface area contributed by atoms with Gasteiger partial charge in [-0.05, 0) is 57.4 Å². The van der Waals surface area contributed by atoms with Gasteiger partial charge in [0.15, 0.2) is 0 Å². The Kier molecular flexibility index (Phi) is 5.61. The van der Waals surface area contributed by atoms with Gasteiger partial charge in [0, 0.05) is 42.1 Å². The first-order valence-corrected chi connectivity index (χ1v) is 12.9. The molecule has 1 aliphatic carbocycles. The third-order valence-electron chi connectivity index (χ3n) is 7.16. The van der Waals surface area contributed by atoms with E-state index in [1.54, 1.807) is 0 Å². The Morgan fingerprint density at radius 1 is 0.969 bits per heavy atom. The Morgan fingerprint density at radius 2 is 1.72 bits per heavy atom. The number of piperidine rings is 1. The summed E-state index contributed by atoms with van der Waals surface area (Å²) in [5.41, 5.74) is 5.09. The molecule has 0 radical (unpaired) electrons. The molecule has 3 aliphatic rings. The van der Waals surface area contributed by atoms with Crippen LogP contribution in [-0.4, -0.2) is 48.5 Å². The molecular weight excluding hydrogens is 418 g/mol. The van der Waals surface area contributed by atoms with Crippen molar-refractivity contribution < 1.29 is 9.47 Å². The van der Waals surface area contributed by atoms with Gasteiger partial charge in [-0.25, -0.2) is 9.97 Å². The summed E-state index contributed by atoms with van der Waals surface area (Å²) in [6.07, 6.45) is 8.47. The van der Waals surface area contributed by atoms with Crippen LogP contribution in [0, 0.1) is 6.92 Å². The molecule has 0 saturated carbocycles. The quantitative estimate of drug-likeness (QED) is 0.539. The number of anilines is 1. The van der Waals surface area contributed by atoms with E-state index >= 15 is 0 Å². The number of aromatic nitrogens is 2. The molecule has 0 atom stereocenters. The lowest BCUT2D eigenvalue weighted by molar-refractivity contribution is -0.0744. The number of ether oxygens (including phenoxy) is 2. The van der Waals surface area contributed by atoms with Crippen molar-refractivity contribution in [1.29, 1.82) is 0 Å². The highest BCUT2D eigenvalue weighted by molar-refractivity contribution is 7.19. The molecule has 0 bridgehead atoms. The second-order valence-electron chi connectivity index (χ2n) is 9.41. The number of aryl methyl sites for hydroxylation is 3. The standard InChI is InChI=1S/C26H31N3O2S/c1-17-5-7-18(8-6-17)24-23-21-3-2-4-22(21)32-25(23)28-26(27-24)29-13-9-19(10-14-29)31-20-11-15-30-16-12-20/h5-8,19-20H,2-4,9-16H2,1H3. The number of hydrogen-bond acceptors (Lipinski definition) is 6. The molecule has 1 aromatic carbocycles. The fourth-order valence-corrected chi connectivity index (χ4v) is 6.58. The summed E-state index contributed by atoms with van der Waals surface area (Å²) in [4.78, 5) is 15.3. The Balaban J connectivity index is 1.28. The third kappa shape index (κ3) is 3.93. The van der Waals surface area contributed by atoms with Crippen molar-refractivity contribution in [2.24, 2.45) is 0 Å². The van der Waals surface area contributed by atoms with Crippen LogP contribution in [-0.2, 0) is 22.3 Å². The van der Waals surface area contributed by atoms with Gasteiger partial charge in [-0.15, -0.1) is 11.3 Å². The summed E-state index contributed by atoms with van der Waals surface area (Å²) in [5, 5.41) is 1.30. The predicted molar refractivity (Wildman–Crippen MR) is 130 cm³/mol. The number of nitrogens with zero attached hydrogens (tertiary/aromatic N) is 3. The first-order valence-electron chi connectivity index (χ1n) is 12.1. The number of benzene rings is 1. The van der Waals surface area contributed by atoms with Crippen LogP contribution in [0.25, 0.3) is 21.5 Å². The molecule has 6 rings (SSSR count). The fourth-order valence-electron chi connectivity index (χ4n) is 5.32. The Bertz CT molecular complexity index is 1100. The first kappa shape index (κ1) is 20.6. The van der Waals surface area contributed by atoms with E-state index in [2.05, 4.69) is 36.1 Å². The van der Waals surface area contributed by atoms with E-state index in [1.807, 2.05) is 11.3 Å². The van der Waals surface area contributed by atoms with Crippen LogP contribution in [0.4, 0.5) is 5.95 Å². The minimum atomic E-state index is 0.347. The second-order valence-corrected chi connectivity index (χ2v) is 10.5. The van der Waals surface area contributed by atoms with Crippen molar-refractivity contribution in [2.45, 2.75) is 64.1 Å². The van der Waals surface area contributed by atoms with E-state index in [1.165, 1.54) is 39.8 Å². The smallest absolute Gasteiger partial charge is 0.227 e. The molecule has 4 heterocycles. The van der Waals surface area contributed by atoms with Crippen molar-refractivity contribution in [3.05, 3.63) is 40.3 Å². The van der Waals surface area contributed by atoms with Crippen LogP contribution < -0.4 is 4.90 Å². The van der Waals surface area contributed by atoms with Gasteiger partial charge >= 0.3 is 0 Å². The molecular formula is C26H31N3O2S. The van der Waals surface area contributed by atoms with Crippen LogP contribution in [0.3, 0.4) is 0 Å². The Labute approximate surface area is 193 Å². The first-order chi connectivity index (χ1) is 15.7. The highest BCUT2D eigenvalue weighted by atomic mass is 32.1. The van der Waals surface area contributed by atoms with Crippen molar-refractivity contribution >= 4 is 27.5 Å². The van der Waals surface area contributed by atoms with Crippen LogP contribution in [0.2, 0.25) is 0 Å². The summed E-state index contributed by atoms with van der Waals surface area (Å²) in [6, 6.07) is 8.81. The van der Waals surface area contributed by atoms with Gasteiger partial charge in [0.2, 0.25) is 5.95 Å². The SMILES string of the molecule is Cc1ccc(-c2nc(N3CCC(OC4CCOCC4)CC3)nc3sc4c(c23)CCC4)cc1. The number of fused-ring (bicyclic) bond motifs is 3. The number of hydrogen-bond donors (Lipinski definition) is 0. The van der Waals surface area contributed by atoms with E-state index in [0.29, 0.717) is 12.2 Å². The van der Waals surface area contributed by atoms with Gasteiger partial charge in [-0.1, -0.05) is 29.8 Å². The minimum absolute atomic E-state index is 0.347. The molecule has 168 valence electrons. The molecule has 2 aliphatic heterocycles. The van der Waals surface area contributed by atoms with Crippen LogP contribution in [0.1, 0.15) is 48.1 Å². The maximum absolute atomic E-state index is 6.39. The molecule has 0 amide bonds. The summed E-state index contributed by atoms with van der Waals surface area (Å²) in [7, 11) is 0. The van der Waals surface area contributed by atoms with Crippen molar-refractivity contribution in [1.82, 2.24) is 9.97 Å². The van der Waals surface area contributed by atoms with E-state index < -0.39 is 0 Å². The number of thiophene rings is 1. The van der Waals surface area contributed by atoms with E-state index in [4.69, 9.17) is 19.4 Å². The van der Waals surface area contributed by atoms with Crippen LogP contribution in [0.15, 0.2) is 24.3 Å². The van der Waals surface area contributed by atoms with Gasteiger partial charge < -0.3 is 14.4 Å². The highest BCUT2D eigenvalue weighted by Crippen LogP contribution is 2.41. The maximum Gasteiger partial charge on any atom is 0.227 e. The fraction of sp³-hybridized carbons (Fsp3) is 0.538. The second kappa shape index (κ2) is 8.73. The van der Waals surface area contributed by atoms with Crippen molar-refractivity contribution in [3.63, 3.8) is 0 Å². The van der Waals surface area contributed by atoms with Gasteiger partial charge in [0.05, 0.1) is 17.9 Å². The third-order valence-corrected chi connectivity index (χ3v) is 8.34. The van der Waals surface area contributed by atoms with E-state index in [9.17, 15) is 0 Å². The molecule has 2 aromatic heterocycles. The lowest BCUT2D eigenvalue weighted by atomic mass is 10.0. The normalized spacial score (nSPS) is 20.2. The predicted octanol–water partition coefficient (Wildman–Crippen LogP) is 5.32. The topological polar surface area (TPSA) is 47.5 Å². The lowest BCUT2D eigenvalue weighted by Crippen LogP contribution is -2.40. The average Bonchev–Trinajstić information content (AvgIpc) is 3.41. The van der Waals surface area contributed by atoms with Gasteiger partial charge in [0.25, 0.3) is 0 Å². The minimum Gasteiger partial charge on any atom is -0.381 e. The number of rotatable bonds is 4. The summed E-state index contributed by atoms with van der Waals surface area (Å²) >= 11 is 1.89. The summed E-state index contributed by atoms with van der Waals surface area (Å²) in [6.45, 7) is 5.73. The molecule has 5 nitrogen and oxygen atoms in total. The molecule has 2 saturated heterocycles. The highest BCUT2D eigenvalue weighted by Gasteiger charge is 2.28. The molecule has 2 fully saturated rings. The van der Waals surface area contributed by atoms with E-state index in [0.717, 1.165) is 74.9 Å². The summed E-state index contributed by atoms with van der Waals surface area (Å²) < 4.78 is 11.9. The van der Waals surface area contributed by atoms with Crippen LogP contribution >= 0.6 is 11.3 Å². The molecule has 0 spiro atoms. The van der Waals surface area contributed by atoms with Gasteiger partial charge in [0.1, 0.15) is 4.83 Å². The van der Waals surface area contributed by atoms with Gasteiger partial charge in [-0.3, -0.25) is 0 Å². The average molecular weight is 450 g/mol. The van der Waals surface area contributed by atoms with Crippen molar-refractivity contribution in [3.8, 4) is 11.3 Å².